The molecule has 0 nitrogen and oxygen atoms in total. The predicted octanol–water partition coefficient (Wildman–Crippen LogP) is 29.9. The molecule has 0 unspecified atom stereocenters. The molecule has 0 aromatic heterocycles. The fourth-order valence-corrected chi connectivity index (χ4v) is 43.3. The molecule has 0 rings (SSSR count). The zero-order chi connectivity index (χ0) is 49.5. The minimum absolute atomic E-state index is 0.917. The molecule has 0 aromatic rings. The summed E-state index contributed by atoms with van der Waals surface area (Å²) in [6.07, 6.45) is 0. The molecule has 40 heteroatoms. The number of alkyl halides is 40. The van der Waals surface area contributed by atoms with Crippen LogP contribution in [-0.2, 0) is 0 Å². The molecule has 0 saturated carbocycles. The summed E-state index contributed by atoms with van der Waals surface area (Å²) in [5.41, 5.74) is 0. The van der Waals surface area contributed by atoms with Crippen LogP contribution in [-0.4, -0.2) is 59.3 Å². The highest BCUT2D eigenvalue weighted by Gasteiger charge is 2.85. The van der Waals surface area contributed by atoms with Crippen molar-refractivity contribution in [3.63, 3.8) is 0 Å². The van der Waals surface area contributed by atoms with Gasteiger partial charge in [-0.15, -0.1) is 0 Å². The summed E-state index contributed by atoms with van der Waals surface area (Å²) in [6, 6.07) is 0. The number of halogens is 40. The Morgan fingerprint density at radius 3 is 0.186 bits per heavy atom. The smallest absolute Gasteiger partial charge is 0.0675 e. The van der Waals surface area contributed by atoms with Crippen molar-refractivity contribution in [3.05, 3.63) is 0 Å². The third-order valence-electron chi connectivity index (χ3n) is 7.02. The van der Waals surface area contributed by atoms with Crippen LogP contribution in [0.25, 0.3) is 0 Å². The zero-order valence-electron chi connectivity index (χ0n) is 24.6. The molecular weight excluding hydrogens is 3420 g/mol. The van der Waals surface area contributed by atoms with Gasteiger partial charge in [0, 0.05) is 0 Å². The standard InChI is InChI=1S/C19Br40/c20-1(21,2(22,23)4(26,27)6(30,31)8(34,35)10(38,39)12(42,43)14(46,47)16(50,51)18(54,55)56)3(24,25)5(28,29)7(32,33)9(36,37)11(40,41)13(44,45)15(48,49)17(52,53)19(57,58)59. The summed E-state index contributed by atoms with van der Waals surface area (Å²) in [4.78, 5) is 0. The van der Waals surface area contributed by atoms with E-state index in [0.717, 1.165) is 0 Å². The van der Waals surface area contributed by atoms with E-state index in [1.54, 1.807) is 0 Å². The lowest BCUT2D eigenvalue weighted by Crippen LogP contribution is -2.74. The Kier molecular flexibility index (Phi) is 33.5. The average molecular weight is 3420 g/mol. The number of hydrogen-bond donors (Lipinski definition) is 0. The van der Waals surface area contributed by atoms with Crippen molar-refractivity contribution in [2.45, 2.75) is 59.3 Å². The van der Waals surface area contributed by atoms with Crippen molar-refractivity contribution in [2.75, 3.05) is 0 Å². The summed E-state index contributed by atoms with van der Waals surface area (Å²) in [5, 5.41) is 0. The normalized spacial score (nSPS) is 17.5. The Bertz CT molecular complexity index is 1410. The molecule has 0 aromatic carbocycles. The van der Waals surface area contributed by atoms with Crippen LogP contribution in [0.2, 0.25) is 0 Å². The van der Waals surface area contributed by atoms with Crippen molar-refractivity contribution in [3.8, 4) is 0 Å². The highest BCUT2D eigenvalue weighted by atomic mass is 80.0. The van der Waals surface area contributed by atoms with Gasteiger partial charge in [0.05, 0.1) is 0 Å². The van der Waals surface area contributed by atoms with Gasteiger partial charge in [-0.3, -0.25) is 0 Å². The molecule has 0 heterocycles. The highest BCUT2D eigenvalue weighted by molar-refractivity contribution is 9.44. The molecule has 0 fully saturated rings. The maximum Gasteiger partial charge on any atom is 0.162 e. The second-order valence-electron chi connectivity index (χ2n) is 10.8. The molecule has 0 N–H and O–H groups in total. The minimum atomic E-state index is -1.37. The summed E-state index contributed by atoms with van der Waals surface area (Å²) in [6.45, 7) is 0. The van der Waals surface area contributed by atoms with E-state index < -0.39 is 59.3 Å². The molecule has 0 radical (unpaired) electrons. The Morgan fingerprint density at radius 1 is 0.0847 bits per heavy atom. The molecule has 0 aliphatic heterocycles. The van der Waals surface area contributed by atoms with Gasteiger partial charge >= 0.3 is 0 Å². The Labute approximate surface area is 678 Å². The second-order valence-corrected chi connectivity index (χ2v) is 82.8. The van der Waals surface area contributed by atoms with Crippen LogP contribution in [0, 0.1) is 0 Å². The van der Waals surface area contributed by atoms with Crippen LogP contribution in [0.15, 0.2) is 0 Å². The maximum atomic E-state index is 4.05. The van der Waals surface area contributed by atoms with Crippen molar-refractivity contribution in [1.82, 2.24) is 0 Å². The van der Waals surface area contributed by atoms with Gasteiger partial charge in [0.25, 0.3) is 0 Å². The van der Waals surface area contributed by atoms with Crippen molar-refractivity contribution < 1.29 is 0 Å². The van der Waals surface area contributed by atoms with E-state index in [4.69, 9.17) is 0 Å². The third-order valence-corrected chi connectivity index (χ3v) is 91.5. The largest absolute Gasteiger partial charge is 0.162 e. The Balaban J connectivity index is 7.92. The summed E-state index contributed by atoms with van der Waals surface area (Å²) in [7, 11) is 0. The quantitative estimate of drug-likeness (QED) is 0.135. The lowest BCUT2D eigenvalue weighted by Gasteiger charge is -2.62. The summed E-state index contributed by atoms with van der Waals surface area (Å²) in [5.74, 6) is 0. The van der Waals surface area contributed by atoms with Crippen LogP contribution in [0.5, 0.6) is 0 Å². The summed E-state index contributed by atoms with van der Waals surface area (Å²) < 4.78 is -23.3. The van der Waals surface area contributed by atoms with Crippen molar-refractivity contribution in [2.24, 2.45) is 0 Å². The fraction of sp³-hybridized carbons (Fsp3) is 1.00. The topological polar surface area (TPSA) is 0 Å². The Morgan fingerprint density at radius 2 is 0.136 bits per heavy atom. The maximum absolute atomic E-state index is 4.05. The third kappa shape index (κ3) is 13.3. The van der Waals surface area contributed by atoms with Crippen molar-refractivity contribution >= 4 is 637 Å². The SMILES string of the molecule is BrC(Br)(Br)C(Br)(Br)C(Br)(Br)C(Br)(Br)C(Br)(Br)C(Br)(Br)C(Br)(Br)C(Br)(Br)C(Br)(Br)C(Br)(Br)C(Br)(Br)C(Br)(Br)C(Br)(Br)C(Br)(Br)C(Br)(Br)C(Br)(Br)C(Br)(Br)C(Br)(Br)C(Br)(Br)Br. The second kappa shape index (κ2) is 25.3. The van der Waals surface area contributed by atoms with Gasteiger partial charge in [0.2, 0.25) is 0 Å². The predicted molar refractivity (Wildman–Crippen MR) is 409 cm³/mol. The molecule has 0 atom stereocenters. The van der Waals surface area contributed by atoms with Crippen molar-refractivity contribution in [1.29, 1.82) is 0 Å². The van der Waals surface area contributed by atoms with Gasteiger partial charge in [-0.05, 0) is 0 Å². The van der Waals surface area contributed by atoms with Gasteiger partial charge in [-0.25, -0.2) is 0 Å². The molecule has 0 amide bonds. The average Bonchev–Trinajstić information content (AvgIpc) is 2.98. The van der Waals surface area contributed by atoms with Crippen LogP contribution in [0.3, 0.4) is 0 Å². The van der Waals surface area contributed by atoms with E-state index >= 15 is 0 Å². The van der Waals surface area contributed by atoms with Gasteiger partial charge in [-0.1, -0.05) is 637 Å². The molecule has 0 saturated heterocycles. The van der Waals surface area contributed by atoms with Gasteiger partial charge in [-0.2, -0.15) is 0 Å². The first kappa shape index (κ1) is 78.2. The first-order valence-corrected chi connectivity index (χ1v) is 43.8. The molecule has 0 aliphatic carbocycles. The van der Waals surface area contributed by atoms with Gasteiger partial charge in [0.15, 0.2) is 4.29 Å². The fourth-order valence-electron chi connectivity index (χ4n) is 3.31. The molecule has 356 valence electrons. The van der Waals surface area contributed by atoms with Crippen LogP contribution >= 0.6 is 637 Å². The zero-order valence-corrected chi connectivity index (χ0v) is 88.1. The number of rotatable bonds is 16. The highest BCUT2D eigenvalue weighted by Crippen LogP contribution is 2.84. The summed E-state index contributed by atoms with van der Waals surface area (Å²) >= 11 is 157. The van der Waals surface area contributed by atoms with Crippen LogP contribution in [0.1, 0.15) is 0 Å². The van der Waals surface area contributed by atoms with E-state index in [1.807, 2.05) is 0 Å². The molecule has 0 bridgehead atoms. The molecule has 59 heavy (non-hydrogen) atoms. The van der Waals surface area contributed by atoms with Crippen LogP contribution in [0.4, 0.5) is 0 Å². The monoisotopic (exact) mass is 3380 g/mol. The lowest BCUT2D eigenvalue weighted by molar-refractivity contribution is 0.519. The van der Waals surface area contributed by atoms with Gasteiger partial charge < -0.3 is 0 Å². The van der Waals surface area contributed by atoms with E-state index in [2.05, 4.69) is 637 Å². The number of hydrogen-bond acceptors (Lipinski definition) is 0. The Hall–Kier alpha value is 19.2. The molecule has 0 spiro atoms. The van der Waals surface area contributed by atoms with E-state index in [1.165, 1.54) is 0 Å². The first-order chi connectivity index (χ1) is 24.5. The van der Waals surface area contributed by atoms with E-state index in [0.29, 0.717) is 0 Å². The lowest BCUT2D eigenvalue weighted by atomic mass is 10.0. The first-order valence-electron chi connectivity index (χ1n) is 12.1. The van der Waals surface area contributed by atoms with E-state index in [9.17, 15) is 0 Å². The molecular formula is C19Br40. The van der Waals surface area contributed by atoms with Crippen LogP contribution < -0.4 is 0 Å². The van der Waals surface area contributed by atoms with E-state index in [-0.39, 0.29) is 0 Å². The minimum Gasteiger partial charge on any atom is -0.0675 e. The van der Waals surface area contributed by atoms with Gasteiger partial charge in [0.1, 0.15) is 55.0 Å². The molecule has 0 aliphatic rings.